The molecule has 0 fully saturated rings. The molecular formula is C3HClN3. The van der Waals surface area contributed by atoms with Crippen molar-refractivity contribution in [2.45, 2.75) is 0 Å². The lowest BCUT2D eigenvalue weighted by molar-refractivity contribution is 1.03. The Morgan fingerprint density at radius 2 is 2.57 bits per heavy atom. The Balaban J connectivity index is 3.02. The molecular weight excluding hydrogens is 114 g/mol. The van der Waals surface area contributed by atoms with E-state index >= 15 is 0 Å². The van der Waals surface area contributed by atoms with Gasteiger partial charge in [0.25, 0.3) is 0 Å². The van der Waals surface area contributed by atoms with Crippen LogP contribution in [0.2, 0.25) is 5.28 Å². The molecule has 1 radical (unpaired) electrons. The summed E-state index contributed by atoms with van der Waals surface area (Å²) in [7, 11) is 0. The third kappa shape index (κ3) is 1.08. The van der Waals surface area contributed by atoms with Gasteiger partial charge in [0.2, 0.25) is 11.6 Å². The molecule has 0 aliphatic rings. The van der Waals surface area contributed by atoms with Gasteiger partial charge in [0, 0.05) is 0 Å². The summed E-state index contributed by atoms with van der Waals surface area (Å²) in [5.41, 5.74) is 0. The molecule has 0 saturated heterocycles. The van der Waals surface area contributed by atoms with Crippen LogP contribution >= 0.6 is 11.6 Å². The molecule has 0 N–H and O–H groups in total. The van der Waals surface area contributed by atoms with Crippen molar-refractivity contribution in [1.82, 2.24) is 15.0 Å². The van der Waals surface area contributed by atoms with Gasteiger partial charge in [-0.2, -0.15) is 4.98 Å². The van der Waals surface area contributed by atoms with Crippen molar-refractivity contribution in [3.63, 3.8) is 0 Å². The Labute approximate surface area is 45.4 Å². The molecule has 3 nitrogen and oxygen atoms in total. The van der Waals surface area contributed by atoms with Gasteiger partial charge in [-0.25, -0.2) is 9.97 Å². The lowest BCUT2D eigenvalue weighted by atomic mass is 11.1. The summed E-state index contributed by atoms with van der Waals surface area (Å²) in [6, 6.07) is 0. The van der Waals surface area contributed by atoms with E-state index in [-0.39, 0.29) is 5.28 Å². The molecule has 0 saturated carbocycles. The monoisotopic (exact) mass is 114 g/mol. The van der Waals surface area contributed by atoms with Crippen molar-refractivity contribution in [2.24, 2.45) is 0 Å². The maximum Gasteiger partial charge on any atom is 0.226 e. The predicted octanol–water partition coefficient (Wildman–Crippen LogP) is 0.325. The Hall–Kier alpha value is -0.700. The topological polar surface area (TPSA) is 38.7 Å². The first-order chi connectivity index (χ1) is 3.39. The van der Waals surface area contributed by atoms with E-state index in [1.165, 1.54) is 6.33 Å². The lowest BCUT2D eigenvalue weighted by Crippen LogP contribution is -1.80. The highest BCUT2D eigenvalue weighted by atomic mass is 35.5. The molecule has 0 aliphatic heterocycles. The molecule has 1 heterocycles. The van der Waals surface area contributed by atoms with Crippen LogP contribution in [-0.2, 0) is 0 Å². The summed E-state index contributed by atoms with van der Waals surface area (Å²) in [6.45, 7) is 0. The second-order valence-electron chi connectivity index (χ2n) is 0.855. The number of aromatic nitrogens is 3. The molecule has 7 heavy (non-hydrogen) atoms. The molecule has 0 unspecified atom stereocenters. The van der Waals surface area contributed by atoms with Crippen LogP contribution in [0.3, 0.4) is 0 Å². The minimum atomic E-state index is 0.176. The first-order valence-electron chi connectivity index (χ1n) is 1.60. The summed E-state index contributed by atoms with van der Waals surface area (Å²) in [5.74, 6) is 0. The van der Waals surface area contributed by atoms with E-state index in [4.69, 9.17) is 11.6 Å². The zero-order valence-electron chi connectivity index (χ0n) is 3.30. The smallest absolute Gasteiger partial charge is 0.213 e. The molecule has 0 bridgehead atoms. The van der Waals surface area contributed by atoms with Gasteiger partial charge in [0.05, 0.1) is 0 Å². The summed E-state index contributed by atoms with van der Waals surface area (Å²) < 4.78 is 0. The van der Waals surface area contributed by atoms with Crippen molar-refractivity contribution in [1.29, 1.82) is 0 Å². The third-order valence-corrected chi connectivity index (χ3v) is 0.604. The number of rotatable bonds is 0. The molecule has 0 spiro atoms. The van der Waals surface area contributed by atoms with Crippen LogP contribution in [0, 0.1) is 6.33 Å². The summed E-state index contributed by atoms with van der Waals surface area (Å²) in [6.07, 6.45) is 3.55. The maximum absolute atomic E-state index is 5.25. The molecule has 1 aromatic rings. The van der Waals surface area contributed by atoms with Crippen molar-refractivity contribution >= 4 is 11.6 Å². The second kappa shape index (κ2) is 1.84. The van der Waals surface area contributed by atoms with E-state index in [9.17, 15) is 0 Å². The van der Waals surface area contributed by atoms with Gasteiger partial charge < -0.3 is 0 Å². The van der Waals surface area contributed by atoms with E-state index in [1.807, 2.05) is 0 Å². The van der Waals surface area contributed by atoms with Gasteiger partial charge in [-0.15, -0.1) is 0 Å². The molecule has 0 amide bonds. The van der Waals surface area contributed by atoms with Crippen LogP contribution < -0.4 is 0 Å². The highest BCUT2D eigenvalue weighted by Crippen LogP contribution is 1.89. The van der Waals surface area contributed by atoms with Crippen LogP contribution in [0.15, 0.2) is 6.33 Å². The Bertz CT molecular complexity index is 140. The quantitative estimate of drug-likeness (QED) is 0.488. The SMILES string of the molecule is Clc1n[c]ncn1. The first kappa shape index (κ1) is 4.46. The van der Waals surface area contributed by atoms with E-state index in [0.29, 0.717) is 0 Å². The standard InChI is InChI=1S/C3HClN3/c4-3-6-1-5-2-7-3/h1H. The summed E-state index contributed by atoms with van der Waals surface area (Å²) in [5, 5.41) is 0.176. The average molecular weight is 115 g/mol. The fourth-order valence-corrected chi connectivity index (χ4v) is 0.283. The van der Waals surface area contributed by atoms with Crippen LogP contribution in [0.4, 0.5) is 0 Å². The molecule has 0 aliphatic carbocycles. The van der Waals surface area contributed by atoms with Gasteiger partial charge in [0.1, 0.15) is 6.33 Å². The second-order valence-corrected chi connectivity index (χ2v) is 1.19. The number of hydrogen-bond acceptors (Lipinski definition) is 3. The molecule has 4 heteroatoms. The number of halogens is 1. The van der Waals surface area contributed by atoms with Gasteiger partial charge in [-0.1, -0.05) is 0 Å². The zero-order valence-corrected chi connectivity index (χ0v) is 4.05. The Morgan fingerprint density at radius 3 is 2.86 bits per heavy atom. The summed E-state index contributed by atoms with van der Waals surface area (Å²) in [4.78, 5) is 10.3. The zero-order chi connectivity index (χ0) is 5.11. The van der Waals surface area contributed by atoms with Crippen molar-refractivity contribution in [3.05, 3.63) is 17.9 Å². The molecule has 1 aromatic heterocycles. The van der Waals surface area contributed by atoms with Crippen LogP contribution in [-0.4, -0.2) is 15.0 Å². The molecule has 35 valence electrons. The minimum absolute atomic E-state index is 0.176. The first-order valence-corrected chi connectivity index (χ1v) is 1.98. The van der Waals surface area contributed by atoms with E-state index in [1.54, 1.807) is 0 Å². The van der Waals surface area contributed by atoms with Gasteiger partial charge in [-0.05, 0) is 11.6 Å². The fourth-order valence-electron chi connectivity index (χ4n) is 0.201. The highest BCUT2D eigenvalue weighted by Gasteiger charge is 1.80. The minimum Gasteiger partial charge on any atom is -0.213 e. The van der Waals surface area contributed by atoms with Crippen molar-refractivity contribution in [3.8, 4) is 0 Å². The van der Waals surface area contributed by atoms with E-state index in [2.05, 4.69) is 21.3 Å². The Morgan fingerprint density at radius 1 is 1.71 bits per heavy atom. The van der Waals surface area contributed by atoms with Crippen LogP contribution in [0.1, 0.15) is 0 Å². The van der Waals surface area contributed by atoms with Gasteiger partial charge in [-0.3, -0.25) is 0 Å². The largest absolute Gasteiger partial charge is 0.226 e. The normalized spacial score (nSPS) is 8.71. The van der Waals surface area contributed by atoms with E-state index in [0.717, 1.165) is 0 Å². The summed E-state index contributed by atoms with van der Waals surface area (Å²) >= 11 is 5.25. The van der Waals surface area contributed by atoms with Crippen LogP contribution in [0.25, 0.3) is 0 Å². The van der Waals surface area contributed by atoms with Gasteiger partial charge >= 0.3 is 0 Å². The van der Waals surface area contributed by atoms with Gasteiger partial charge in [0.15, 0.2) is 0 Å². The molecule has 0 aromatic carbocycles. The van der Waals surface area contributed by atoms with Crippen molar-refractivity contribution < 1.29 is 0 Å². The average Bonchev–Trinajstić information content (AvgIpc) is 1.69. The predicted molar refractivity (Wildman–Crippen MR) is 23.7 cm³/mol. The maximum atomic E-state index is 5.25. The fraction of sp³-hybridized carbons (Fsp3) is 0. The number of nitrogens with zero attached hydrogens (tertiary/aromatic N) is 3. The lowest BCUT2D eigenvalue weighted by Gasteiger charge is -1.77. The van der Waals surface area contributed by atoms with E-state index < -0.39 is 0 Å². The highest BCUT2D eigenvalue weighted by molar-refractivity contribution is 6.28. The van der Waals surface area contributed by atoms with Crippen molar-refractivity contribution in [2.75, 3.05) is 0 Å². The Kier molecular flexibility index (Phi) is 1.17. The van der Waals surface area contributed by atoms with Crippen LogP contribution in [0.5, 0.6) is 0 Å². The third-order valence-electron chi connectivity index (χ3n) is 0.422. The molecule has 0 atom stereocenters. The molecule has 1 rings (SSSR count). The number of hydrogen-bond donors (Lipinski definition) is 0.